The van der Waals surface area contributed by atoms with Crippen LogP contribution in [-0.2, 0) is 12.5 Å². The second-order valence-electron chi connectivity index (χ2n) is 3.89. The van der Waals surface area contributed by atoms with Crippen LogP contribution in [0.1, 0.15) is 26.0 Å². The number of aromatic nitrogens is 2. The molecule has 1 aromatic rings. The van der Waals surface area contributed by atoms with Crippen molar-refractivity contribution < 1.29 is 0 Å². The van der Waals surface area contributed by atoms with Gasteiger partial charge in [0.25, 0.3) is 0 Å². The van der Waals surface area contributed by atoms with E-state index in [-0.39, 0.29) is 5.41 Å². The van der Waals surface area contributed by atoms with Crippen molar-refractivity contribution in [2.45, 2.75) is 25.7 Å². The lowest BCUT2D eigenvalue weighted by Gasteiger charge is -2.24. The number of rotatable bonds is 3. The van der Waals surface area contributed by atoms with Crippen LogP contribution in [-0.4, -0.2) is 16.1 Å². The molecule has 1 rings (SSSR count). The van der Waals surface area contributed by atoms with Gasteiger partial charge in [0.15, 0.2) is 0 Å². The maximum absolute atomic E-state index is 5.86. The van der Waals surface area contributed by atoms with Gasteiger partial charge in [-0.2, -0.15) is 0 Å². The number of hydrogen-bond donors (Lipinski definition) is 1. The predicted octanol–water partition coefficient (Wildman–Crippen LogP) is 1.70. The van der Waals surface area contributed by atoms with Gasteiger partial charge in [-0.15, -0.1) is 0 Å². The maximum atomic E-state index is 5.86. The summed E-state index contributed by atoms with van der Waals surface area (Å²) in [5, 5.41) is 0.528. The van der Waals surface area contributed by atoms with Gasteiger partial charge in [-0.05, 0) is 24.6 Å². The largest absolute Gasteiger partial charge is 0.330 e. The molecule has 0 amide bonds. The Morgan fingerprint density at radius 2 is 2.23 bits per heavy atom. The molecule has 1 heterocycles. The Hall–Kier alpha value is -0.540. The molecular weight excluding hydrogens is 186 g/mol. The Balaban J connectivity index is 2.99. The van der Waals surface area contributed by atoms with Gasteiger partial charge in [0.1, 0.15) is 0 Å². The third kappa shape index (κ3) is 2.03. The zero-order valence-corrected chi connectivity index (χ0v) is 9.10. The topological polar surface area (TPSA) is 43.8 Å². The summed E-state index contributed by atoms with van der Waals surface area (Å²) in [4.78, 5) is 4.05. The second-order valence-corrected chi connectivity index (χ2v) is 4.23. The van der Waals surface area contributed by atoms with E-state index in [1.807, 2.05) is 17.8 Å². The molecule has 74 valence electrons. The molecule has 3 nitrogen and oxygen atoms in total. The van der Waals surface area contributed by atoms with Crippen LogP contribution in [0.2, 0.25) is 5.28 Å². The van der Waals surface area contributed by atoms with E-state index in [1.165, 1.54) is 0 Å². The molecule has 2 N–H and O–H groups in total. The second kappa shape index (κ2) is 3.68. The van der Waals surface area contributed by atoms with Gasteiger partial charge in [0, 0.05) is 18.2 Å². The normalized spacial score (nSPS) is 12.1. The van der Waals surface area contributed by atoms with Crippen molar-refractivity contribution in [2.24, 2.45) is 12.8 Å². The standard InChI is InChI=1S/C9H16ClN3/c1-9(2,4-5-11)7-6-12-8(10)13(7)3/h6H,4-5,11H2,1-3H3. The molecule has 13 heavy (non-hydrogen) atoms. The fourth-order valence-corrected chi connectivity index (χ4v) is 1.64. The SMILES string of the molecule is Cn1c(C(C)(C)CCN)cnc1Cl. The van der Waals surface area contributed by atoms with Crippen molar-refractivity contribution in [1.29, 1.82) is 0 Å². The Kier molecular flexibility index (Phi) is 2.98. The average molecular weight is 202 g/mol. The summed E-state index contributed by atoms with van der Waals surface area (Å²) in [7, 11) is 1.92. The summed E-state index contributed by atoms with van der Waals surface area (Å²) >= 11 is 5.86. The Morgan fingerprint density at radius 3 is 2.62 bits per heavy atom. The number of hydrogen-bond acceptors (Lipinski definition) is 2. The first-order chi connectivity index (χ1) is 5.99. The first-order valence-corrected chi connectivity index (χ1v) is 4.74. The lowest BCUT2D eigenvalue weighted by Crippen LogP contribution is -2.24. The molecule has 0 saturated carbocycles. The van der Waals surface area contributed by atoms with Crippen LogP contribution in [0.5, 0.6) is 0 Å². The summed E-state index contributed by atoms with van der Waals surface area (Å²) in [5.41, 5.74) is 6.72. The molecule has 0 aliphatic carbocycles. The lowest BCUT2D eigenvalue weighted by atomic mass is 9.86. The van der Waals surface area contributed by atoms with E-state index in [1.54, 1.807) is 0 Å². The van der Waals surface area contributed by atoms with E-state index in [4.69, 9.17) is 17.3 Å². The minimum Gasteiger partial charge on any atom is -0.330 e. The highest BCUT2D eigenvalue weighted by atomic mass is 35.5. The van der Waals surface area contributed by atoms with Crippen molar-refractivity contribution in [3.63, 3.8) is 0 Å². The van der Waals surface area contributed by atoms with Crippen LogP contribution in [0.25, 0.3) is 0 Å². The molecule has 0 atom stereocenters. The van der Waals surface area contributed by atoms with Crippen LogP contribution >= 0.6 is 11.6 Å². The van der Waals surface area contributed by atoms with E-state index in [2.05, 4.69) is 18.8 Å². The van der Waals surface area contributed by atoms with Gasteiger partial charge in [0.05, 0.1) is 6.20 Å². The van der Waals surface area contributed by atoms with Crippen LogP contribution in [0.3, 0.4) is 0 Å². The van der Waals surface area contributed by atoms with E-state index in [0.717, 1.165) is 12.1 Å². The fraction of sp³-hybridized carbons (Fsp3) is 0.667. The highest BCUT2D eigenvalue weighted by molar-refractivity contribution is 6.28. The zero-order chi connectivity index (χ0) is 10.1. The summed E-state index contributed by atoms with van der Waals surface area (Å²) in [6, 6.07) is 0. The van der Waals surface area contributed by atoms with Crippen LogP contribution in [0, 0.1) is 0 Å². The van der Waals surface area contributed by atoms with E-state index >= 15 is 0 Å². The van der Waals surface area contributed by atoms with Crippen molar-refractivity contribution in [3.05, 3.63) is 17.2 Å². The Morgan fingerprint density at radius 1 is 1.62 bits per heavy atom. The molecule has 0 aromatic carbocycles. The zero-order valence-electron chi connectivity index (χ0n) is 8.34. The molecule has 0 saturated heterocycles. The summed E-state index contributed by atoms with van der Waals surface area (Å²) < 4.78 is 1.90. The first-order valence-electron chi connectivity index (χ1n) is 4.37. The van der Waals surface area contributed by atoms with Crippen molar-refractivity contribution >= 4 is 11.6 Å². The lowest BCUT2D eigenvalue weighted by molar-refractivity contribution is 0.458. The summed E-state index contributed by atoms with van der Waals surface area (Å²) in [5.74, 6) is 0. The van der Waals surface area contributed by atoms with Crippen LogP contribution < -0.4 is 5.73 Å². The average Bonchev–Trinajstić information content (AvgIpc) is 2.33. The molecule has 0 unspecified atom stereocenters. The molecule has 0 spiro atoms. The quantitative estimate of drug-likeness (QED) is 0.809. The maximum Gasteiger partial charge on any atom is 0.202 e. The molecule has 0 aliphatic heterocycles. The molecular formula is C9H16ClN3. The molecule has 0 fully saturated rings. The number of imidazole rings is 1. The predicted molar refractivity (Wildman–Crippen MR) is 54.9 cm³/mol. The monoisotopic (exact) mass is 201 g/mol. The van der Waals surface area contributed by atoms with Gasteiger partial charge in [-0.1, -0.05) is 13.8 Å². The van der Waals surface area contributed by atoms with E-state index in [0.29, 0.717) is 11.8 Å². The highest BCUT2D eigenvalue weighted by Gasteiger charge is 2.23. The number of nitrogens with two attached hydrogens (primary N) is 1. The van der Waals surface area contributed by atoms with Crippen molar-refractivity contribution in [2.75, 3.05) is 6.54 Å². The summed E-state index contributed by atoms with van der Waals surface area (Å²) in [6.07, 6.45) is 2.75. The number of nitrogens with zero attached hydrogens (tertiary/aromatic N) is 2. The molecule has 1 aromatic heterocycles. The van der Waals surface area contributed by atoms with E-state index in [9.17, 15) is 0 Å². The van der Waals surface area contributed by atoms with Gasteiger partial charge in [0.2, 0.25) is 5.28 Å². The van der Waals surface area contributed by atoms with Crippen molar-refractivity contribution in [3.8, 4) is 0 Å². The van der Waals surface area contributed by atoms with Gasteiger partial charge in [-0.25, -0.2) is 4.98 Å². The summed E-state index contributed by atoms with van der Waals surface area (Å²) in [6.45, 7) is 4.97. The molecule has 0 aliphatic rings. The molecule has 0 radical (unpaired) electrons. The first kappa shape index (κ1) is 10.5. The molecule has 0 bridgehead atoms. The van der Waals surface area contributed by atoms with E-state index < -0.39 is 0 Å². The highest BCUT2D eigenvalue weighted by Crippen LogP contribution is 2.27. The third-order valence-corrected chi connectivity index (χ3v) is 2.75. The minimum absolute atomic E-state index is 0.0453. The van der Waals surface area contributed by atoms with Gasteiger partial charge < -0.3 is 10.3 Å². The Bertz CT molecular complexity index is 291. The number of halogens is 1. The molecule has 4 heteroatoms. The van der Waals surface area contributed by atoms with Gasteiger partial charge >= 0.3 is 0 Å². The minimum atomic E-state index is 0.0453. The smallest absolute Gasteiger partial charge is 0.202 e. The van der Waals surface area contributed by atoms with Gasteiger partial charge in [-0.3, -0.25) is 0 Å². The third-order valence-electron chi connectivity index (χ3n) is 2.39. The fourth-order valence-electron chi connectivity index (χ4n) is 1.50. The Labute approximate surface area is 83.9 Å². The van der Waals surface area contributed by atoms with Crippen LogP contribution in [0.4, 0.5) is 0 Å². The van der Waals surface area contributed by atoms with Crippen LogP contribution in [0.15, 0.2) is 6.20 Å². The van der Waals surface area contributed by atoms with Crippen molar-refractivity contribution in [1.82, 2.24) is 9.55 Å².